The molecule has 2 heterocycles. The summed E-state index contributed by atoms with van der Waals surface area (Å²) in [6, 6.07) is 3.50. The van der Waals surface area contributed by atoms with Crippen LogP contribution in [0.4, 0.5) is 11.5 Å². The van der Waals surface area contributed by atoms with Crippen molar-refractivity contribution in [3.8, 4) is 0 Å². The van der Waals surface area contributed by atoms with Crippen LogP contribution in [0.2, 0.25) is 0 Å². The number of rotatable bonds is 4. The Kier molecular flexibility index (Phi) is 3.93. The van der Waals surface area contributed by atoms with Gasteiger partial charge in [-0.1, -0.05) is 0 Å². The molecule has 0 aliphatic carbocycles. The Balaban J connectivity index is 2.11. The molecule has 0 saturated heterocycles. The number of nitro groups is 1. The van der Waals surface area contributed by atoms with E-state index in [-0.39, 0.29) is 5.69 Å². The van der Waals surface area contributed by atoms with Crippen LogP contribution in [0, 0.1) is 17.0 Å². The van der Waals surface area contributed by atoms with Gasteiger partial charge in [0.15, 0.2) is 0 Å². The van der Waals surface area contributed by atoms with Gasteiger partial charge in [0.1, 0.15) is 12.0 Å². The lowest BCUT2D eigenvalue weighted by Gasteiger charge is -2.06. The van der Waals surface area contributed by atoms with Gasteiger partial charge in [-0.3, -0.25) is 10.1 Å². The molecule has 0 fully saturated rings. The number of nitrogens with zero attached hydrogens (tertiary/aromatic N) is 2. The average molecular weight is 328 g/mol. The molecule has 0 unspecified atom stereocenters. The molecule has 5 nitrogen and oxygen atoms in total. The van der Waals surface area contributed by atoms with Crippen molar-refractivity contribution in [2.75, 3.05) is 5.32 Å². The maximum atomic E-state index is 10.6. The van der Waals surface area contributed by atoms with Gasteiger partial charge < -0.3 is 5.32 Å². The van der Waals surface area contributed by atoms with E-state index in [0.29, 0.717) is 16.8 Å². The van der Waals surface area contributed by atoms with Gasteiger partial charge in [0.25, 0.3) is 5.69 Å². The third-order valence-corrected chi connectivity index (χ3v) is 4.05. The van der Waals surface area contributed by atoms with E-state index in [2.05, 4.69) is 32.3 Å². The summed E-state index contributed by atoms with van der Waals surface area (Å²) < 4.78 is 0.589. The minimum absolute atomic E-state index is 0.0280. The standard InChI is InChI=1S/C11H10BrN3O2S/c1-7-2-3-18-10(7)6-14-11-9(12)4-8(5-13-11)15(16)17/h2-5H,6H2,1H3,(H,13,14). The normalized spacial score (nSPS) is 10.3. The Hall–Kier alpha value is -1.47. The molecule has 0 aliphatic rings. The Morgan fingerprint density at radius 2 is 2.39 bits per heavy atom. The lowest BCUT2D eigenvalue weighted by Crippen LogP contribution is -2.02. The molecule has 18 heavy (non-hydrogen) atoms. The van der Waals surface area contributed by atoms with E-state index in [9.17, 15) is 10.1 Å². The molecule has 0 amide bonds. The second-order valence-electron chi connectivity index (χ2n) is 3.66. The number of anilines is 1. The smallest absolute Gasteiger partial charge is 0.288 e. The minimum atomic E-state index is -0.467. The Bertz CT molecular complexity index is 585. The number of hydrogen-bond acceptors (Lipinski definition) is 5. The quantitative estimate of drug-likeness (QED) is 0.686. The molecular formula is C11H10BrN3O2S. The van der Waals surface area contributed by atoms with Crippen LogP contribution in [0.25, 0.3) is 0 Å². The van der Waals surface area contributed by atoms with Crippen molar-refractivity contribution in [2.24, 2.45) is 0 Å². The Morgan fingerprint density at radius 1 is 1.61 bits per heavy atom. The second kappa shape index (κ2) is 5.45. The molecule has 7 heteroatoms. The number of pyridine rings is 1. The van der Waals surface area contributed by atoms with E-state index >= 15 is 0 Å². The summed E-state index contributed by atoms with van der Waals surface area (Å²) in [4.78, 5) is 15.4. The molecule has 0 saturated carbocycles. The third kappa shape index (κ3) is 2.85. The van der Waals surface area contributed by atoms with Gasteiger partial charge in [-0.2, -0.15) is 0 Å². The van der Waals surface area contributed by atoms with Crippen molar-refractivity contribution in [3.63, 3.8) is 0 Å². The number of thiophene rings is 1. The number of aryl methyl sites for hydroxylation is 1. The summed E-state index contributed by atoms with van der Waals surface area (Å²) in [6.07, 6.45) is 1.24. The van der Waals surface area contributed by atoms with Gasteiger partial charge in [0, 0.05) is 10.9 Å². The van der Waals surface area contributed by atoms with Gasteiger partial charge >= 0.3 is 0 Å². The summed E-state index contributed by atoms with van der Waals surface area (Å²) >= 11 is 4.94. The van der Waals surface area contributed by atoms with E-state index in [1.54, 1.807) is 11.3 Å². The molecule has 2 aromatic rings. The summed E-state index contributed by atoms with van der Waals surface area (Å²) in [7, 11) is 0. The van der Waals surface area contributed by atoms with Crippen LogP contribution < -0.4 is 5.32 Å². The van der Waals surface area contributed by atoms with E-state index in [1.165, 1.54) is 22.7 Å². The molecule has 0 aliphatic heterocycles. The number of hydrogen-bond donors (Lipinski definition) is 1. The fraction of sp³-hybridized carbons (Fsp3) is 0.182. The highest BCUT2D eigenvalue weighted by Gasteiger charge is 2.10. The summed E-state index contributed by atoms with van der Waals surface area (Å²) in [5.41, 5.74) is 1.20. The topological polar surface area (TPSA) is 68.1 Å². The molecule has 0 aromatic carbocycles. The number of nitrogens with one attached hydrogen (secondary N) is 1. The first kappa shape index (κ1) is 13.0. The predicted molar refractivity (Wildman–Crippen MR) is 75.0 cm³/mol. The lowest BCUT2D eigenvalue weighted by atomic mass is 10.3. The zero-order chi connectivity index (χ0) is 13.1. The van der Waals surface area contributed by atoms with Crippen LogP contribution in [-0.4, -0.2) is 9.91 Å². The molecule has 0 atom stereocenters. The Labute approximate surface area is 116 Å². The highest BCUT2D eigenvalue weighted by molar-refractivity contribution is 9.10. The van der Waals surface area contributed by atoms with Crippen LogP contribution in [0.3, 0.4) is 0 Å². The molecule has 2 rings (SSSR count). The van der Waals surface area contributed by atoms with Crippen LogP contribution >= 0.6 is 27.3 Å². The van der Waals surface area contributed by atoms with Crippen LogP contribution in [-0.2, 0) is 6.54 Å². The van der Waals surface area contributed by atoms with Crippen molar-refractivity contribution in [1.82, 2.24) is 4.98 Å². The summed E-state index contributed by atoms with van der Waals surface area (Å²) in [5.74, 6) is 0.605. The van der Waals surface area contributed by atoms with Gasteiger partial charge in [-0.15, -0.1) is 11.3 Å². The zero-order valence-electron chi connectivity index (χ0n) is 9.51. The van der Waals surface area contributed by atoms with Gasteiger partial charge in [-0.05, 0) is 39.9 Å². The van der Waals surface area contributed by atoms with Gasteiger partial charge in [0.05, 0.1) is 15.9 Å². The van der Waals surface area contributed by atoms with E-state index in [1.807, 2.05) is 12.3 Å². The van der Waals surface area contributed by atoms with Crippen molar-refractivity contribution in [1.29, 1.82) is 0 Å². The van der Waals surface area contributed by atoms with Crippen molar-refractivity contribution >= 4 is 38.8 Å². The largest absolute Gasteiger partial charge is 0.364 e. The zero-order valence-corrected chi connectivity index (χ0v) is 11.9. The summed E-state index contributed by atoms with van der Waals surface area (Å²) in [5, 5.41) is 15.8. The molecule has 0 bridgehead atoms. The maximum absolute atomic E-state index is 10.6. The van der Waals surface area contributed by atoms with E-state index in [4.69, 9.17) is 0 Å². The minimum Gasteiger partial charge on any atom is -0.364 e. The molecule has 0 spiro atoms. The first-order valence-corrected chi connectivity index (χ1v) is 6.82. The maximum Gasteiger partial charge on any atom is 0.288 e. The fourth-order valence-electron chi connectivity index (χ4n) is 1.41. The average Bonchev–Trinajstić information content (AvgIpc) is 2.73. The molecule has 1 N–H and O–H groups in total. The van der Waals surface area contributed by atoms with E-state index < -0.39 is 4.92 Å². The molecule has 2 aromatic heterocycles. The monoisotopic (exact) mass is 327 g/mol. The number of halogens is 1. The van der Waals surface area contributed by atoms with E-state index in [0.717, 1.165) is 0 Å². The summed E-state index contributed by atoms with van der Waals surface area (Å²) in [6.45, 7) is 2.71. The highest BCUT2D eigenvalue weighted by Crippen LogP contribution is 2.25. The van der Waals surface area contributed by atoms with Gasteiger partial charge in [0.2, 0.25) is 0 Å². The Morgan fingerprint density at radius 3 is 2.94 bits per heavy atom. The number of aromatic nitrogens is 1. The third-order valence-electron chi connectivity index (χ3n) is 2.42. The highest BCUT2D eigenvalue weighted by atomic mass is 79.9. The van der Waals surface area contributed by atoms with Crippen molar-refractivity contribution < 1.29 is 4.92 Å². The van der Waals surface area contributed by atoms with Crippen molar-refractivity contribution in [3.05, 3.63) is 48.7 Å². The molecule has 94 valence electrons. The molecular weight excluding hydrogens is 318 g/mol. The first-order valence-electron chi connectivity index (χ1n) is 5.14. The second-order valence-corrected chi connectivity index (χ2v) is 5.52. The fourth-order valence-corrected chi connectivity index (χ4v) is 2.73. The van der Waals surface area contributed by atoms with Crippen molar-refractivity contribution in [2.45, 2.75) is 13.5 Å². The van der Waals surface area contributed by atoms with Gasteiger partial charge in [-0.25, -0.2) is 4.98 Å². The predicted octanol–water partition coefficient (Wildman–Crippen LogP) is 3.73. The van der Waals surface area contributed by atoms with Crippen LogP contribution in [0.15, 0.2) is 28.2 Å². The first-order chi connectivity index (χ1) is 8.58. The lowest BCUT2D eigenvalue weighted by molar-refractivity contribution is -0.385. The SMILES string of the molecule is Cc1ccsc1CNc1ncc([N+](=O)[O-])cc1Br. The van der Waals surface area contributed by atoms with Crippen LogP contribution in [0.5, 0.6) is 0 Å². The van der Waals surface area contributed by atoms with Crippen LogP contribution in [0.1, 0.15) is 10.4 Å². The molecule has 0 radical (unpaired) electrons.